The minimum Gasteiger partial charge on any atom is -0.468 e. The van der Waals surface area contributed by atoms with Crippen LogP contribution >= 0.6 is 0 Å². The Morgan fingerprint density at radius 1 is 1.22 bits per heavy atom. The Hall–Kier alpha value is -1.53. The fourth-order valence-electron chi connectivity index (χ4n) is 4.41. The number of aliphatic imine (C=N–C) groups is 1. The van der Waals surface area contributed by atoms with E-state index in [9.17, 15) is 0 Å². The Balaban J connectivity index is 1.43. The van der Waals surface area contributed by atoms with Crippen molar-refractivity contribution in [3.05, 3.63) is 24.2 Å². The van der Waals surface area contributed by atoms with Crippen LogP contribution in [-0.2, 0) is 0 Å². The number of nitrogens with one attached hydrogen (secondary N) is 2. The van der Waals surface area contributed by atoms with E-state index in [4.69, 9.17) is 4.42 Å². The lowest BCUT2D eigenvalue weighted by Crippen LogP contribution is -2.45. The average molecular weight is 376 g/mol. The summed E-state index contributed by atoms with van der Waals surface area (Å²) in [5, 5.41) is 6.99. The van der Waals surface area contributed by atoms with E-state index in [-0.39, 0.29) is 6.04 Å². The van der Waals surface area contributed by atoms with Crippen LogP contribution in [0.5, 0.6) is 0 Å². The van der Waals surface area contributed by atoms with Crippen LogP contribution in [0.1, 0.15) is 56.7 Å². The molecule has 1 unspecified atom stereocenters. The van der Waals surface area contributed by atoms with Gasteiger partial charge >= 0.3 is 0 Å². The van der Waals surface area contributed by atoms with Crippen molar-refractivity contribution >= 4 is 5.96 Å². The van der Waals surface area contributed by atoms with E-state index < -0.39 is 0 Å². The van der Waals surface area contributed by atoms with Crippen molar-refractivity contribution in [2.75, 3.05) is 46.8 Å². The first-order valence-electron chi connectivity index (χ1n) is 10.7. The second kappa shape index (κ2) is 10.7. The number of likely N-dealkylation sites (tertiary alicyclic amines) is 1. The topological polar surface area (TPSA) is 56.0 Å². The number of hydrogen-bond acceptors (Lipinski definition) is 4. The molecule has 1 atom stereocenters. The number of hydrogen-bond donors (Lipinski definition) is 2. The van der Waals surface area contributed by atoms with E-state index >= 15 is 0 Å². The highest BCUT2D eigenvalue weighted by Gasteiger charge is 2.25. The molecular formula is C21H37N5O. The van der Waals surface area contributed by atoms with E-state index in [0.29, 0.717) is 0 Å². The number of likely N-dealkylation sites (N-methyl/N-ethyl adjacent to an activating group) is 1. The normalized spacial score (nSPS) is 20.9. The Morgan fingerprint density at radius 3 is 2.67 bits per heavy atom. The maximum atomic E-state index is 5.71. The van der Waals surface area contributed by atoms with Crippen molar-refractivity contribution in [1.29, 1.82) is 0 Å². The molecule has 1 aromatic heterocycles. The summed E-state index contributed by atoms with van der Waals surface area (Å²) in [6.07, 6.45) is 11.2. The molecule has 0 aromatic carbocycles. The molecule has 152 valence electrons. The molecule has 6 heteroatoms. The van der Waals surface area contributed by atoms with E-state index in [1.807, 2.05) is 13.1 Å². The number of rotatable bonds is 8. The molecule has 2 heterocycles. The monoisotopic (exact) mass is 375 g/mol. The van der Waals surface area contributed by atoms with Gasteiger partial charge in [0.1, 0.15) is 5.76 Å². The van der Waals surface area contributed by atoms with Gasteiger partial charge in [-0.05, 0) is 58.0 Å². The van der Waals surface area contributed by atoms with Crippen LogP contribution in [-0.4, -0.2) is 68.6 Å². The molecule has 1 aromatic rings. The largest absolute Gasteiger partial charge is 0.468 e. The summed E-state index contributed by atoms with van der Waals surface area (Å²) in [6.45, 7) is 5.07. The molecular weight excluding hydrogens is 338 g/mol. The molecule has 1 saturated heterocycles. The molecule has 1 aliphatic carbocycles. The van der Waals surface area contributed by atoms with Gasteiger partial charge in [0.15, 0.2) is 5.96 Å². The van der Waals surface area contributed by atoms with Crippen LogP contribution in [0.3, 0.4) is 0 Å². The van der Waals surface area contributed by atoms with Gasteiger partial charge in [0, 0.05) is 32.7 Å². The number of furan rings is 1. The lowest BCUT2D eigenvalue weighted by Gasteiger charge is -2.31. The Kier molecular flexibility index (Phi) is 8.02. The lowest BCUT2D eigenvalue weighted by atomic mass is 9.94. The molecule has 0 bridgehead atoms. The summed E-state index contributed by atoms with van der Waals surface area (Å²) in [5.74, 6) is 1.92. The first kappa shape index (κ1) is 20.2. The van der Waals surface area contributed by atoms with Gasteiger partial charge in [-0.15, -0.1) is 0 Å². The number of nitrogens with zero attached hydrogens (tertiary/aromatic N) is 3. The fourth-order valence-corrected chi connectivity index (χ4v) is 4.41. The Morgan fingerprint density at radius 2 is 2.00 bits per heavy atom. The fraction of sp³-hybridized carbons (Fsp3) is 0.762. The van der Waals surface area contributed by atoms with E-state index in [1.54, 1.807) is 6.26 Å². The van der Waals surface area contributed by atoms with Gasteiger partial charge in [-0.2, -0.15) is 0 Å². The van der Waals surface area contributed by atoms with Gasteiger partial charge in [-0.25, -0.2) is 0 Å². The predicted octanol–water partition coefficient (Wildman–Crippen LogP) is 2.85. The maximum absolute atomic E-state index is 5.71. The van der Waals surface area contributed by atoms with Gasteiger partial charge in [0.05, 0.1) is 12.3 Å². The van der Waals surface area contributed by atoms with Gasteiger partial charge in [-0.3, -0.25) is 9.89 Å². The molecule has 0 radical (unpaired) electrons. The third kappa shape index (κ3) is 5.98. The smallest absolute Gasteiger partial charge is 0.191 e. The molecule has 2 N–H and O–H groups in total. The van der Waals surface area contributed by atoms with Crippen molar-refractivity contribution in [1.82, 2.24) is 20.4 Å². The van der Waals surface area contributed by atoms with E-state index in [2.05, 4.69) is 38.5 Å². The van der Waals surface area contributed by atoms with Crippen molar-refractivity contribution in [2.45, 2.75) is 57.0 Å². The van der Waals surface area contributed by atoms with Crippen molar-refractivity contribution in [3.8, 4) is 0 Å². The highest BCUT2D eigenvalue weighted by molar-refractivity contribution is 5.79. The Labute approximate surface area is 164 Å². The maximum Gasteiger partial charge on any atom is 0.191 e. The molecule has 27 heavy (non-hydrogen) atoms. The average Bonchev–Trinajstić information content (AvgIpc) is 3.42. The minimum absolute atomic E-state index is 0.269. The summed E-state index contributed by atoms with van der Waals surface area (Å²) >= 11 is 0. The summed E-state index contributed by atoms with van der Waals surface area (Å²) < 4.78 is 5.71. The highest BCUT2D eigenvalue weighted by atomic mass is 16.3. The standard InChI is InChI=1S/C21H37N5O/c1-22-21(23-12-15-25(2)18-9-4-3-5-10-18)24-17-19(20-11-8-16-27-20)26-13-6-7-14-26/h8,11,16,18-19H,3-7,9-10,12-15,17H2,1-2H3,(H2,22,23,24). The van der Waals surface area contributed by atoms with Crippen LogP contribution in [0.15, 0.2) is 27.8 Å². The lowest BCUT2D eigenvalue weighted by molar-refractivity contribution is 0.194. The number of guanidine groups is 1. The zero-order valence-corrected chi connectivity index (χ0v) is 17.1. The molecule has 1 aliphatic heterocycles. The predicted molar refractivity (Wildman–Crippen MR) is 111 cm³/mol. The first-order chi connectivity index (χ1) is 13.3. The third-order valence-corrected chi connectivity index (χ3v) is 6.09. The summed E-state index contributed by atoms with van der Waals surface area (Å²) in [5.41, 5.74) is 0. The molecule has 2 aliphatic rings. The second-order valence-electron chi connectivity index (χ2n) is 7.93. The first-order valence-corrected chi connectivity index (χ1v) is 10.7. The van der Waals surface area contributed by atoms with Crippen molar-refractivity contribution in [2.24, 2.45) is 4.99 Å². The third-order valence-electron chi connectivity index (χ3n) is 6.09. The van der Waals surface area contributed by atoms with Gasteiger partial charge in [0.2, 0.25) is 0 Å². The van der Waals surface area contributed by atoms with Crippen molar-refractivity contribution in [3.63, 3.8) is 0 Å². The van der Waals surface area contributed by atoms with Gasteiger partial charge in [-0.1, -0.05) is 19.3 Å². The van der Waals surface area contributed by atoms with E-state index in [1.165, 1.54) is 44.9 Å². The zero-order valence-electron chi connectivity index (χ0n) is 17.1. The second-order valence-corrected chi connectivity index (χ2v) is 7.93. The minimum atomic E-state index is 0.269. The molecule has 0 spiro atoms. The zero-order chi connectivity index (χ0) is 18.9. The van der Waals surface area contributed by atoms with Crippen LogP contribution < -0.4 is 10.6 Å². The quantitative estimate of drug-likeness (QED) is 0.540. The molecule has 1 saturated carbocycles. The van der Waals surface area contributed by atoms with Crippen LogP contribution in [0, 0.1) is 0 Å². The molecule has 0 amide bonds. The Bertz CT molecular complexity index is 547. The molecule has 2 fully saturated rings. The van der Waals surface area contributed by atoms with E-state index in [0.717, 1.165) is 50.5 Å². The van der Waals surface area contributed by atoms with Gasteiger partial charge < -0.3 is 20.0 Å². The van der Waals surface area contributed by atoms with Crippen LogP contribution in [0.25, 0.3) is 0 Å². The SMILES string of the molecule is CN=C(NCCN(C)C1CCCCC1)NCC(c1ccco1)N1CCCC1. The highest BCUT2D eigenvalue weighted by Crippen LogP contribution is 2.25. The molecule has 3 rings (SSSR count). The molecule has 6 nitrogen and oxygen atoms in total. The summed E-state index contributed by atoms with van der Waals surface area (Å²) in [4.78, 5) is 9.42. The van der Waals surface area contributed by atoms with Crippen LogP contribution in [0.2, 0.25) is 0 Å². The van der Waals surface area contributed by atoms with Crippen molar-refractivity contribution < 1.29 is 4.42 Å². The van der Waals surface area contributed by atoms with Crippen LogP contribution in [0.4, 0.5) is 0 Å². The summed E-state index contributed by atoms with van der Waals surface area (Å²) in [7, 11) is 4.10. The summed E-state index contributed by atoms with van der Waals surface area (Å²) in [6, 6.07) is 5.09. The van der Waals surface area contributed by atoms with Gasteiger partial charge in [0.25, 0.3) is 0 Å².